The Kier molecular flexibility index (Phi) is 2.65. The van der Waals surface area contributed by atoms with E-state index in [0.717, 1.165) is 11.3 Å². The van der Waals surface area contributed by atoms with Gasteiger partial charge in [-0.05, 0) is 35.7 Å². The topological polar surface area (TPSA) is 59.1 Å². The van der Waals surface area contributed by atoms with Crippen LogP contribution in [0.3, 0.4) is 0 Å². The van der Waals surface area contributed by atoms with Crippen LogP contribution in [0.2, 0.25) is 0 Å². The molecular weight excluding hydrogens is 196 g/mol. The van der Waals surface area contributed by atoms with E-state index < -0.39 is 0 Å². The fraction of sp³-hybridized carbons (Fsp3) is 0.300. The number of hydrogen-bond acceptors (Lipinski definition) is 4. The second-order valence-electron chi connectivity index (χ2n) is 3.13. The van der Waals surface area contributed by atoms with Crippen molar-refractivity contribution in [2.75, 3.05) is 6.61 Å². The molecule has 0 aliphatic carbocycles. The lowest BCUT2D eigenvalue weighted by Gasteiger charge is -2.22. The monoisotopic (exact) mass is 208 g/mol. The molecule has 0 saturated heterocycles. The number of nitrogens with two attached hydrogens (primary N) is 1. The molecule has 1 aromatic heterocycles. The molecule has 0 radical (unpaired) electrons. The SMILES string of the molecule is N=C(C=CN)C1OCCc2ccsc21. The predicted molar refractivity (Wildman–Crippen MR) is 57.8 cm³/mol. The highest BCUT2D eigenvalue weighted by molar-refractivity contribution is 7.10. The van der Waals surface area contributed by atoms with Crippen molar-refractivity contribution in [1.29, 1.82) is 5.41 Å². The van der Waals surface area contributed by atoms with Gasteiger partial charge in [0.25, 0.3) is 0 Å². The van der Waals surface area contributed by atoms with Crippen LogP contribution in [0.4, 0.5) is 0 Å². The Morgan fingerprint density at radius 2 is 2.57 bits per heavy atom. The smallest absolute Gasteiger partial charge is 0.133 e. The van der Waals surface area contributed by atoms with Gasteiger partial charge in [0.15, 0.2) is 0 Å². The van der Waals surface area contributed by atoms with Gasteiger partial charge in [0, 0.05) is 4.88 Å². The minimum atomic E-state index is -0.210. The third-order valence-corrected chi connectivity index (χ3v) is 3.24. The molecule has 0 aromatic carbocycles. The number of rotatable bonds is 2. The molecule has 1 aliphatic heterocycles. The van der Waals surface area contributed by atoms with E-state index in [4.69, 9.17) is 15.9 Å². The van der Waals surface area contributed by atoms with Crippen LogP contribution >= 0.6 is 11.3 Å². The van der Waals surface area contributed by atoms with Crippen molar-refractivity contribution in [2.24, 2.45) is 5.73 Å². The predicted octanol–water partition coefficient (Wildman–Crippen LogP) is 1.85. The minimum Gasteiger partial charge on any atom is -0.405 e. The molecule has 0 bridgehead atoms. The lowest BCUT2D eigenvalue weighted by atomic mass is 10.0. The average Bonchev–Trinajstić information content (AvgIpc) is 2.65. The Bertz CT molecular complexity index is 370. The van der Waals surface area contributed by atoms with Crippen molar-refractivity contribution in [3.05, 3.63) is 34.2 Å². The Balaban J connectivity index is 2.28. The summed E-state index contributed by atoms with van der Waals surface area (Å²) in [6.07, 6.45) is 3.71. The van der Waals surface area contributed by atoms with Gasteiger partial charge in [0.05, 0.1) is 12.3 Å². The molecule has 0 saturated carbocycles. The summed E-state index contributed by atoms with van der Waals surface area (Å²) in [5.41, 5.74) is 6.99. The number of nitrogens with one attached hydrogen (secondary N) is 1. The molecule has 14 heavy (non-hydrogen) atoms. The zero-order chi connectivity index (χ0) is 9.97. The van der Waals surface area contributed by atoms with E-state index in [1.807, 2.05) is 5.38 Å². The second-order valence-corrected chi connectivity index (χ2v) is 4.07. The quantitative estimate of drug-likeness (QED) is 0.729. The molecule has 1 aromatic rings. The van der Waals surface area contributed by atoms with Crippen LogP contribution in [-0.4, -0.2) is 12.3 Å². The average molecular weight is 208 g/mol. The normalized spacial score (nSPS) is 21.0. The highest BCUT2D eigenvalue weighted by Gasteiger charge is 2.24. The minimum absolute atomic E-state index is 0.210. The van der Waals surface area contributed by atoms with E-state index in [1.165, 1.54) is 11.8 Å². The standard InChI is InChI=1S/C10H12N2OS/c11-4-1-8(12)9-10-7(2-5-13-9)3-6-14-10/h1,3-4,6,9,12H,2,5,11H2. The Morgan fingerprint density at radius 3 is 3.36 bits per heavy atom. The molecule has 0 fully saturated rings. The maximum absolute atomic E-state index is 7.77. The maximum Gasteiger partial charge on any atom is 0.133 e. The second kappa shape index (κ2) is 3.94. The molecule has 2 rings (SSSR count). The molecule has 4 heteroatoms. The summed E-state index contributed by atoms with van der Waals surface area (Å²) in [5.74, 6) is 0. The van der Waals surface area contributed by atoms with Crippen molar-refractivity contribution >= 4 is 17.0 Å². The van der Waals surface area contributed by atoms with Crippen LogP contribution in [0.25, 0.3) is 0 Å². The summed E-state index contributed by atoms with van der Waals surface area (Å²) in [7, 11) is 0. The molecular formula is C10H12N2OS. The molecule has 1 unspecified atom stereocenters. The number of hydrogen-bond donors (Lipinski definition) is 2. The van der Waals surface area contributed by atoms with Crippen LogP contribution in [0, 0.1) is 5.41 Å². The molecule has 1 aliphatic rings. The highest BCUT2D eigenvalue weighted by atomic mass is 32.1. The summed E-state index contributed by atoms with van der Waals surface area (Å²) in [5, 5.41) is 9.81. The van der Waals surface area contributed by atoms with Gasteiger partial charge in [-0.15, -0.1) is 11.3 Å². The van der Waals surface area contributed by atoms with Gasteiger partial charge in [-0.3, -0.25) is 0 Å². The molecule has 0 spiro atoms. The van der Waals surface area contributed by atoms with E-state index in [1.54, 1.807) is 17.4 Å². The first-order valence-electron chi connectivity index (χ1n) is 4.47. The summed E-state index contributed by atoms with van der Waals surface area (Å²) < 4.78 is 5.56. The van der Waals surface area contributed by atoms with Crippen LogP contribution in [0.1, 0.15) is 16.5 Å². The van der Waals surface area contributed by atoms with Gasteiger partial charge in [-0.25, -0.2) is 0 Å². The molecule has 2 heterocycles. The fourth-order valence-corrected chi connectivity index (χ4v) is 2.59. The maximum atomic E-state index is 7.77. The number of thiophene rings is 1. The summed E-state index contributed by atoms with van der Waals surface area (Å²) in [4.78, 5) is 1.15. The fourth-order valence-electron chi connectivity index (χ4n) is 1.57. The lowest BCUT2D eigenvalue weighted by molar-refractivity contribution is 0.0909. The van der Waals surface area contributed by atoms with Crippen LogP contribution < -0.4 is 5.73 Å². The first-order chi connectivity index (χ1) is 6.83. The Hall–Kier alpha value is -1.13. The largest absolute Gasteiger partial charge is 0.405 e. The van der Waals surface area contributed by atoms with E-state index in [2.05, 4.69) is 6.07 Å². The first-order valence-corrected chi connectivity index (χ1v) is 5.35. The summed E-state index contributed by atoms with van der Waals surface area (Å²) >= 11 is 1.65. The molecule has 3 nitrogen and oxygen atoms in total. The Labute approximate surface area is 86.7 Å². The van der Waals surface area contributed by atoms with E-state index in [0.29, 0.717) is 12.3 Å². The molecule has 0 amide bonds. The lowest BCUT2D eigenvalue weighted by Crippen LogP contribution is -2.20. The van der Waals surface area contributed by atoms with Crippen molar-refractivity contribution in [1.82, 2.24) is 0 Å². The van der Waals surface area contributed by atoms with Crippen molar-refractivity contribution in [3.63, 3.8) is 0 Å². The van der Waals surface area contributed by atoms with Gasteiger partial charge in [0.1, 0.15) is 6.10 Å². The third kappa shape index (κ3) is 1.58. The van der Waals surface area contributed by atoms with Gasteiger partial charge in [0.2, 0.25) is 0 Å². The molecule has 74 valence electrons. The number of ether oxygens (including phenoxy) is 1. The first kappa shape index (κ1) is 9.43. The Morgan fingerprint density at radius 1 is 1.71 bits per heavy atom. The van der Waals surface area contributed by atoms with E-state index >= 15 is 0 Å². The summed E-state index contributed by atoms with van der Waals surface area (Å²) in [6.45, 7) is 0.690. The van der Waals surface area contributed by atoms with Gasteiger partial charge >= 0.3 is 0 Å². The third-order valence-electron chi connectivity index (χ3n) is 2.23. The van der Waals surface area contributed by atoms with E-state index in [9.17, 15) is 0 Å². The van der Waals surface area contributed by atoms with Crippen LogP contribution in [-0.2, 0) is 11.2 Å². The van der Waals surface area contributed by atoms with Crippen molar-refractivity contribution < 1.29 is 4.74 Å². The van der Waals surface area contributed by atoms with Gasteiger partial charge < -0.3 is 15.9 Å². The summed E-state index contributed by atoms with van der Waals surface area (Å²) in [6, 6.07) is 2.11. The number of fused-ring (bicyclic) bond motifs is 1. The van der Waals surface area contributed by atoms with Crippen molar-refractivity contribution in [2.45, 2.75) is 12.5 Å². The van der Waals surface area contributed by atoms with Crippen molar-refractivity contribution in [3.8, 4) is 0 Å². The van der Waals surface area contributed by atoms with Gasteiger partial charge in [-0.1, -0.05) is 0 Å². The van der Waals surface area contributed by atoms with Gasteiger partial charge in [-0.2, -0.15) is 0 Å². The zero-order valence-electron chi connectivity index (χ0n) is 7.69. The molecule has 3 N–H and O–H groups in total. The highest BCUT2D eigenvalue weighted by Crippen LogP contribution is 2.32. The van der Waals surface area contributed by atoms with Crippen LogP contribution in [0.5, 0.6) is 0 Å². The zero-order valence-corrected chi connectivity index (χ0v) is 8.51. The van der Waals surface area contributed by atoms with Crippen LogP contribution in [0.15, 0.2) is 23.7 Å². The molecule has 1 atom stereocenters. The van der Waals surface area contributed by atoms with E-state index in [-0.39, 0.29) is 6.10 Å².